The van der Waals surface area contributed by atoms with E-state index in [4.69, 9.17) is 25.5 Å². The Morgan fingerprint density at radius 2 is 1.79 bits per heavy atom. The van der Waals surface area contributed by atoms with Gasteiger partial charge in [0.05, 0.1) is 18.6 Å². The third-order valence-corrected chi connectivity index (χ3v) is 6.25. The molecule has 174 valence electrons. The Bertz CT molecular complexity index is 1230. The minimum Gasteiger partial charge on any atom is -0.476 e. The lowest BCUT2D eigenvalue weighted by molar-refractivity contribution is -0.137. The molecule has 1 aliphatic rings. The molecule has 6 nitrogen and oxygen atoms in total. The third-order valence-electron chi connectivity index (χ3n) is 5.85. The molecule has 33 heavy (non-hydrogen) atoms. The lowest BCUT2D eigenvalue weighted by Crippen LogP contribution is -2.43. The highest BCUT2D eigenvalue weighted by Crippen LogP contribution is 2.34. The van der Waals surface area contributed by atoms with Crippen molar-refractivity contribution in [2.75, 3.05) is 32.9 Å². The molecule has 0 spiro atoms. The fraction of sp³-hybridized carbons (Fsp3) is 0.385. The summed E-state index contributed by atoms with van der Waals surface area (Å²) in [7, 11) is 0. The molecule has 0 aliphatic carbocycles. The fourth-order valence-electron chi connectivity index (χ4n) is 3.78. The van der Waals surface area contributed by atoms with E-state index in [0.29, 0.717) is 53.6 Å². The summed E-state index contributed by atoms with van der Waals surface area (Å²) in [5.74, 6) is 0.103. The summed E-state index contributed by atoms with van der Waals surface area (Å²) >= 11 is 6.26. The average Bonchev–Trinajstić information content (AvgIpc) is 2.79. The van der Waals surface area contributed by atoms with Gasteiger partial charge in [0.25, 0.3) is 5.91 Å². The Morgan fingerprint density at radius 3 is 2.42 bits per heavy atom. The third kappa shape index (κ3) is 4.92. The molecular weight excluding hydrogens is 442 g/mol. The minimum absolute atomic E-state index is 0.00698. The lowest BCUT2D eigenvalue weighted by Gasteiger charge is -2.26. The van der Waals surface area contributed by atoms with Gasteiger partial charge in [-0.15, -0.1) is 0 Å². The number of morpholine rings is 1. The van der Waals surface area contributed by atoms with Crippen LogP contribution in [0.15, 0.2) is 45.6 Å². The zero-order valence-corrected chi connectivity index (χ0v) is 20.1. The quantitative estimate of drug-likeness (QED) is 0.540. The SMILES string of the molecule is Cc1cc2oc(-c3ccc(C(C)(C)C)cc3)c(OCC(=O)N3CCOCC3)c(=O)c2cc1Cl. The van der Waals surface area contributed by atoms with Crippen LogP contribution < -0.4 is 10.2 Å². The van der Waals surface area contributed by atoms with E-state index in [2.05, 4.69) is 20.8 Å². The molecule has 0 atom stereocenters. The molecule has 2 aromatic carbocycles. The van der Waals surface area contributed by atoms with Crippen LogP contribution in [0.2, 0.25) is 5.02 Å². The molecule has 0 bridgehead atoms. The van der Waals surface area contributed by atoms with Gasteiger partial charge in [-0.05, 0) is 35.6 Å². The number of hydrogen-bond donors (Lipinski definition) is 0. The standard InChI is InChI=1S/C26H28ClNO5/c1-16-13-21-19(14-20(16)27)23(30)25(32-15-22(29)28-9-11-31-12-10-28)24(33-21)17-5-7-18(8-6-17)26(2,3)4/h5-8,13-14H,9-12,15H2,1-4H3. The molecule has 7 heteroatoms. The Kier molecular flexibility index (Phi) is 6.50. The van der Waals surface area contributed by atoms with Crippen LogP contribution in [0.1, 0.15) is 31.9 Å². The number of hydrogen-bond acceptors (Lipinski definition) is 5. The van der Waals surface area contributed by atoms with Crippen LogP contribution in [0.25, 0.3) is 22.3 Å². The van der Waals surface area contributed by atoms with Gasteiger partial charge in [0.2, 0.25) is 11.2 Å². The summed E-state index contributed by atoms with van der Waals surface area (Å²) in [6.07, 6.45) is 0. The summed E-state index contributed by atoms with van der Waals surface area (Å²) in [5, 5.41) is 0.780. The number of nitrogens with zero attached hydrogens (tertiary/aromatic N) is 1. The van der Waals surface area contributed by atoms with E-state index in [1.54, 1.807) is 17.0 Å². The molecule has 1 aromatic heterocycles. The molecular formula is C26H28ClNO5. The number of benzene rings is 2. The van der Waals surface area contributed by atoms with Gasteiger partial charge < -0.3 is 18.8 Å². The monoisotopic (exact) mass is 469 g/mol. The summed E-state index contributed by atoms with van der Waals surface area (Å²) in [6.45, 7) is 9.99. The maximum Gasteiger partial charge on any atom is 0.260 e. The van der Waals surface area contributed by atoms with Crippen LogP contribution in [0.5, 0.6) is 5.75 Å². The Hall–Kier alpha value is -2.83. The Morgan fingerprint density at radius 1 is 1.12 bits per heavy atom. The number of ether oxygens (including phenoxy) is 2. The van der Waals surface area contributed by atoms with Crippen LogP contribution in [0, 0.1) is 6.92 Å². The van der Waals surface area contributed by atoms with E-state index >= 15 is 0 Å². The van der Waals surface area contributed by atoms with Crippen molar-refractivity contribution in [1.29, 1.82) is 0 Å². The number of aryl methyl sites for hydroxylation is 1. The molecule has 0 N–H and O–H groups in total. The molecule has 2 heterocycles. The maximum atomic E-state index is 13.4. The smallest absolute Gasteiger partial charge is 0.260 e. The summed E-state index contributed by atoms with van der Waals surface area (Å²) in [5.41, 5.74) is 2.70. The van der Waals surface area contributed by atoms with Crippen molar-refractivity contribution in [3.8, 4) is 17.1 Å². The predicted octanol–water partition coefficient (Wildman–Crippen LogP) is 4.96. The van der Waals surface area contributed by atoms with Gasteiger partial charge >= 0.3 is 0 Å². The number of carbonyl (C=O) groups excluding carboxylic acids is 1. The van der Waals surface area contributed by atoms with E-state index in [9.17, 15) is 9.59 Å². The molecule has 0 saturated carbocycles. The molecule has 0 unspecified atom stereocenters. The molecule has 1 aliphatic heterocycles. The molecule has 1 saturated heterocycles. The molecule has 4 rings (SSSR count). The van der Waals surface area contributed by atoms with E-state index in [-0.39, 0.29) is 29.1 Å². The first-order chi connectivity index (χ1) is 15.6. The number of rotatable bonds is 4. The topological polar surface area (TPSA) is 69.0 Å². The zero-order chi connectivity index (χ0) is 23.8. The van der Waals surface area contributed by atoms with Gasteiger partial charge in [0.15, 0.2) is 12.4 Å². The van der Waals surface area contributed by atoms with Crippen LogP contribution in [-0.4, -0.2) is 43.7 Å². The number of carbonyl (C=O) groups is 1. The minimum atomic E-state index is -0.358. The normalized spacial score (nSPS) is 14.5. The van der Waals surface area contributed by atoms with E-state index in [1.165, 1.54) is 0 Å². The van der Waals surface area contributed by atoms with E-state index in [0.717, 1.165) is 11.1 Å². The summed E-state index contributed by atoms with van der Waals surface area (Å²) in [4.78, 5) is 27.7. The van der Waals surface area contributed by atoms with Gasteiger partial charge in [0, 0.05) is 23.7 Å². The first kappa shape index (κ1) is 23.3. The van der Waals surface area contributed by atoms with Crippen molar-refractivity contribution in [3.63, 3.8) is 0 Å². The zero-order valence-electron chi connectivity index (χ0n) is 19.4. The van der Waals surface area contributed by atoms with Crippen LogP contribution >= 0.6 is 11.6 Å². The van der Waals surface area contributed by atoms with Crippen molar-refractivity contribution in [2.24, 2.45) is 0 Å². The van der Waals surface area contributed by atoms with Gasteiger partial charge in [0.1, 0.15) is 5.58 Å². The van der Waals surface area contributed by atoms with Crippen molar-refractivity contribution in [2.45, 2.75) is 33.1 Å². The van der Waals surface area contributed by atoms with Gasteiger partial charge in [-0.25, -0.2) is 0 Å². The Labute approximate surface area is 198 Å². The number of fused-ring (bicyclic) bond motifs is 1. The second kappa shape index (κ2) is 9.20. The first-order valence-electron chi connectivity index (χ1n) is 11.0. The van der Waals surface area contributed by atoms with Crippen molar-refractivity contribution in [1.82, 2.24) is 4.90 Å². The fourth-order valence-corrected chi connectivity index (χ4v) is 3.94. The second-order valence-electron chi connectivity index (χ2n) is 9.30. The highest BCUT2D eigenvalue weighted by atomic mass is 35.5. The van der Waals surface area contributed by atoms with Crippen LogP contribution in [0.4, 0.5) is 0 Å². The molecule has 0 radical (unpaired) electrons. The highest BCUT2D eigenvalue weighted by Gasteiger charge is 2.23. The van der Waals surface area contributed by atoms with Gasteiger partial charge in [-0.2, -0.15) is 0 Å². The molecule has 1 fully saturated rings. The predicted molar refractivity (Wildman–Crippen MR) is 129 cm³/mol. The van der Waals surface area contributed by atoms with Gasteiger partial charge in [-0.3, -0.25) is 9.59 Å². The number of halogens is 1. The largest absolute Gasteiger partial charge is 0.476 e. The number of amides is 1. The van der Waals surface area contributed by atoms with Crippen LogP contribution in [-0.2, 0) is 14.9 Å². The average molecular weight is 470 g/mol. The van der Waals surface area contributed by atoms with Crippen molar-refractivity contribution in [3.05, 3.63) is 62.8 Å². The van der Waals surface area contributed by atoms with Crippen molar-refractivity contribution >= 4 is 28.5 Å². The van der Waals surface area contributed by atoms with E-state index in [1.807, 2.05) is 31.2 Å². The van der Waals surface area contributed by atoms with Gasteiger partial charge in [-0.1, -0.05) is 56.6 Å². The van der Waals surface area contributed by atoms with Crippen LogP contribution in [0.3, 0.4) is 0 Å². The van der Waals surface area contributed by atoms with E-state index < -0.39 is 0 Å². The molecule has 3 aromatic rings. The Balaban J connectivity index is 1.77. The first-order valence-corrected chi connectivity index (χ1v) is 11.4. The second-order valence-corrected chi connectivity index (χ2v) is 9.70. The summed E-state index contributed by atoms with van der Waals surface area (Å²) < 4.78 is 17.3. The van der Waals surface area contributed by atoms with Crippen molar-refractivity contribution < 1.29 is 18.7 Å². The highest BCUT2D eigenvalue weighted by molar-refractivity contribution is 6.32. The molecule has 1 amide bonds. The maximum absolute atomic E-state index is 13.4. The lowest BCUT2D eigenvalue weighted by atomic mass is 9.86. The summed E-state index contributed by atoms with van der Waals surface area (Å²) in [6, 6.07) is 11.2.